The highest BCUT2D eigenvalue weighted by Gasteiger charge is 2.38. The van der Waals surface area contributed by atoms with Crippen LogP contribution in [-0.2, 0) is 16.9 Å². The highest BCUT2D eigenvalue weighted by atomic mass is 16.1. The molecule has 18 heavy (non-hydrogen) atoms. The Labute approximate surface area is 108 Å². The van der Waals surface area contributed by atoms with E-state index in [-0.39, 0.29) is 11.4 Å². The van der Waals surface area contributed by atoms with Gasteiger partial charge in [0.05, 0.1) is 11.2 Å². The highest BCUT2D eigenvalue weighted by molar-refractivity contribution is 5.90. The zero-order chi connectivity index (χ0) is 13.5. The number of hydrogen-bond donors (Lipinski definition) is 2. The molecule has 1 aromatic heterocycles. The van der Waals surface area contributed by atoms with Gasteiger partial charge in [-0.2, -0.15) is 5.10 Å². The first kappa shape index (κ1) is 13.1. The molecule has 0 unspecified atom stereocenters. The summed E-state index contributed by atoms with van der Waals surface area (Å²) in [6.07, 6.45) is 0.529. The molecule has 0 bridgehead atoms. The Morgan fingerprint density at radius 3 is 2.83 bits per heavy atom. The number of H-pyrrole nitrogens is 1. The predicted molar refractivity (Wildman–Crippen MR) is 71.2 cm³/mol. The fraction of sp³-hybridized carbons (Fsp3) is 0.692. The molecule has 100 valence electrons. The molecule has 0 saturated heterocycles. The van der Waals surface area contributed by atoms with Crippen molar-refractivity contribution in [2.24, 2.45) is 5.92 Å². The lowest BCUT2D eigenvalue weighted by Gasteiger charge is -2.27. The number of carbonyl (C=O) groups is 1. The second-order valence-corrected chi connectivity index (χ2v) is 5.99. The predicted octanol–water partition coefficient (Wildman–Crippen LogP) is 2.07. The molecule has 5 nitrogen and oxygen atoms in total. The Morgan fingerprint density at radius 2 is 2.22 bits per heavy atom. The van der Waals surface area contributed by atoms with Crippen molar-refractivity contribution in [1.82, 2.24) is 15.1 Å². The molecule has 0 aliphatic carbocycles. The number of nitrogens with zero attached hydrogens (tertiary/aromatic N) is 2. The number of carbonyl (C=O) groups excluding carboxylic acids is 1. The van der Waals surface area contributed by atoms with Crippen LogP contribution in [0.3, 0.4) is 0 Å². The SMILES string of the molecule is CC(C)CC(=O)Nc1n[nH]c2c1CN(C)C2(C)C. The average Bonchev–Trinajstić information content (AvgIpc) is 2.69. The van der Waals surface area contributed by atoms with Crippen molar-refractivity contribution < 1.29 is 4.79 Å². The van der Waals surface area contributed by atoms with E-state index in [9.17, 15) is 4.79 Å². The van der Waals surface area contributed by atoms with Gasteiger partial charge in [0, 0.05) is 18.5 Å². The molecule has 0 saturated carbocycles. The summed E-state index contributed by atoms with van der Waals surface area (Å²) in [5.74, 6) is 1.08. The molecule has 0 fully saturated rings. The van der Waals surface area contributed by atoms with Gasteiger partial charge >= 0.3 is 0 Å². The van der Waals surface area contributed by atoms with Crippen LogP contribution in [0.2, 0.25) is 0 Å². The number of aromatic nitrogens is 2. The van der Waals surface area contributed by atoms with Crippen molar-refractivity contribution in [2.75, 3.05) is 12.4 Å². The van der Waals surface area contributed by atoms with Gasteiger partial charge in [-0.05, 0) is 26.8 Å². The first-order valence-corrected chi connectivity index (χ1v) is 6.41. The van der Waals surface area contributed by atoms with Crippen LogP contribution in [0.25, 0.3) is 0 Å². The van der Waals surface area contributed by atoms with Gasteiger partial charge in [-0.1, -0.05) is 13.8 Å². The molecule has 0 aromatic carbocycles. The van der Waals surface area contributed by atoms with Crippen LogP contribution in [0.15, 0.2) is 0 Å². The topological polar surface area (TPSA) is 61.0 Å². The Hall–Kier alpha value is -1.36. The fourth-order valence-electron chi connectivity index (χ4n) is 2.31. The van der Waals surface area contributed by atoms with Crippen molar-refractivity contribution in [2.45, 2.75) is 46.2 Å². The zero-order valence-corrected chi connectivity index (χ0v) is 11.8. The molecule has 2 heterocycles. The number of nitrogens with one attached hydrogen (secondary N) is 2. The van der Waals surface area contributed by atoms with Crippen molar-refractivity contribution in [3.05, 3.63) is 11.3 Å². The molecular weight excluding hydrogens is 228 g/mol. The molecule has 1 aliphatic rings. The molecule has 0 spiro atoms. The van der Waals surface area contributed by atoms with E-state index in [0.717, 1.165) is 17.8 Å². The fourth-order valence-corrected chi connectivity index (χ4v) is 2.31. The summed E-state index contributed by atoms with van der Waals surface area (Å²) >= 11 is 0. The average molecular weight is 250 g/mol. The maximum atomic E-state index is 11.8. The van der Waals surface area contributed by atoms with Crippen molar-refractivity contribution in [3.63, 3.8) is 0 Å². The standard InChI is InChI=1S/C13H22N4O/c1-8(2)6-10(18)14-12-9-7-17(5)13(3,4)11(9)15-16-12/h8H,6-7H2,1-5H3,(H2,14,15,16,18). The Morgan fingerprint density at radius 1 is 1.56 bits per heavy atom. The molecule has 0 radical (unpaired) electrons. The molecule has 2 N–H and O–H groups in total. The van der Waals surface area contributed by atoms with Gasteiger partial charge in [0.1, 0.15) is 0 Å². The Bertz CT molecular complexity index is 462. The van der Waals surface area contributed by atoms with Crippen LogP contribution in [0.4, 0.5) is 5.82 Å². The number of fused-ring (bicyclic) bond motifs is 1. The van der Waals surface area contributed by atoms with Crippen molar-refractivity contribution >= 4 is 11.7 Å². The van der Waals surface area contributed by atoms with Gasteiger partial charge in [0.15, 0.2) is 5.82 Å². The number of amides is 1. The third kappa shape index (κ3) is 2.14. The summed E-state index contributed by atoms with van der Waals surface area (Å²) in [4.78, 5) is 14.0. The lowest BCUT2D eigenvalue weighted by molar-refractivity contribution is -0.116. The molecule has 5 heteroatoms. The van der Waals surface area contributed by atoms with Crippen LogP contribution in [-0.4, -0.2) is 28.1 Å². The number of anilines is 1. The Balaban J connectivity index is 2.17. The minimum absolute atomic E-state index is 0.0339. The second-order valence-electron chi connectivity index (χ2n) is 5.99. The van der Waals surface area contributed by atoms with Crippen LogP contribution in [0.1, 0.15) is 45.4 Å². The molecule has 1 aliphatic heterocycles. The van der Waals surface area contributed by atoms with Crippen molar-refractivity contribution in [1.29, 1.82) is 0 Å². The van der Waals surface area contributed by atoms with Crippen LogP contribution < -0.4 is 5.32 Å². The zero-order valence-electron chi connectivity index (χ0n) is 11.8. The summed E-state index contributed by atoms with van der Waals surface area (Å²) in [7, 11) is 2.08. The van der Waals surface area contributed by atoms with E-state index >= 15 is 0 Å². The lowest BCUT2D eigenvalue weighted by Crippen LogP contribution is -2.32. The van der Waals surface area contributed by atoms with E-state index < -0.39 is 0 Å². The quantitative estimate of drug-likeness (QED) is 0.863. The number of aromatic amines is 1. The first-order chi connectivity index (χ1) is 8.32. The van der Waals surface area contributed by atoms with Crippen molar-refractivity contribution in [3.8, 4) is 0 Å². The Kier molecular flexibility index (Phi) is 3.19. The largest absolute Gasteiger partial charge is 0.309 e. The summed E-state index contributed by atoms with van der Waals surface area (Å²) in [6, 6.07) is 0. The van der Waals surface area contributed by atoms with Gasteiger partial charge in [-0.3, -0.25) is 14.8 Å². The number of hydrogen-bond acceptors (Lipinski definition) is 3. The van der Waals surface area contributed by atoms with Gasteiger partial charge in [0.2, 0.25) is 5.91 Å². The van der Waals surface area contributed by atoms with Gasteiger partial charge < -0.3 is 5.32 Å². The van der Waals surface area contributed by atoms with Crippen LogP contribution >= 0.6 is 0 Å². The maximum absolute atomic E-state index is 11.8. The minimum atomic E-state index is -0.0522. The van der Waals surface area contributed by atoms with E-state index in [4.69, 9.17) is 0 Å². The van der Waals surface area contributed by atoms with E-state index in [2.05, 4.69) is 41.3 Å². The molecule has 2 rings (SSSR count). The normalized spacial score (nSPS) is 18.1. The summed E-state index contributed by atoms with van der Waals surface area (Å²) in [5.41, 5.74) is 2.16. The van der Waals surface area contributed by atoms with E-state index in [1.807, 2.05) is 13.8 Å². The van der Waals surface area contributed by atoms with Crippen LogP contribution in [0, 0.1) is 5.92 Å². The van der Waals surface area contributed by atoms with E-state index in [0.29, 0.717) is 18.2 Å². The summed E-state index contributed by atoms with van der Waals surface area (Å²) in [6.45, 7) is 9.18. The van der Waals surface area contributed by atoms with E-state index in [1.54, 1.807) is 0 Å². The third-order valence-corrected chi connectivity index (χ3v) is 3.68. The van der Waals surface area contributed by atoms with E-state index in [1.165, 1.54) is 0 Å². The molecule has 0 atom stereocenters. The second kappa shape index (κ2) is 4.39. The maximum Gasteiger partial charge on any atom is 0.225 e. The number of rotatable bonds is 3. The monoisotopic (exact) mass is 250 g/mol. The molecule has 1 amide bonds. The summed E-state index contributed by atoms with van der Waals surface area (Å²) < 4.78 is 0. The van der Waals surface area contributed by atoms with Gasteiger partial charge in [-0.15, -0.1) is 0 Å². The summed E-state index contributed by atoms with van der Waals surface area (Å²) in [5, 5.41) is 10.2. The third-order valence-electron chi connectivity index (χ3n) is 3.68. The van der Waals surface area contributed by atoms with Gasteiger partial charge in [-0.25, -0.2) is 0 Å². The highest BCUT2D eigenvalue weighted by Crippen LogP contribution is 2.39. The van der Waals surface area contributed by atoms with Gasteiger partial charge in [0.25, 0.3) is 0 Å². The molecular formula is C13H22N4O. The smallest absolute Gasteiger partial charge is 0.225 e. The van der Waals surface area contributed by atoms with Crippen LogP contribution in [0.5, 0.6) is 0 Å². The minimum Gasteiger partial charge on any atom is -0.309 e. The molecule has 1 aromatic rings. The lowest BCUT2D eigenvalue weighted by atomic mass is 10.0. The first-order valence-electron chi connectivity index (χ1n) is 6.41.